The number of fused-ring (bicyclic) bond motifs is 1. The Morgan fingerprint density at radius 1 is 1.50 bits per heavy atom. The molecule has 1 unspecified atom stereocenters. The lowest BCUT2D eigenvalue weighted by Gasteiger charge is -2.12. The average Bonchev–Trinajstić information content (AvgIpc) is 3.00. The minimum absolute atomic E-state index is 0.270. The van der Waals surface area contributed by atoms with Gasteiger partial charge in [0.15, 0.2) is 4.96 Å². The maximum Gasteiger partial charge on any atom is 0.193 e. The van der Waals surface area contributed by atoms with Crippen LogP contribution in [0.1, 0.15) is 16.6 Å². The summed E-state index contributed by atoms with van der Waals surface area (Å²) in [5, 5.41) is 5.36. The summed E-state index contributed by atoms with van der Waals surface area (Å²) in [6.45, 7) is 0. The molecule has 0 aliphatic rings. The summed E-state index contributed by atoms with van der Waals surface area (Å²) in [5.41, 5.74) is 1.10. The molecule has 3 rings (SSSR count). The first-order chi connectivity index (χ1) is 8.76. The van der Waals surface area contributed by atoms with Crippen LogP contribution in [0.3, 0.4) is 0 Å². The molecule has 6 heteroatoms. The number of thiazole rings is 1. The smallest absolute Gasteiger partial charge is 0.193 e. The molecule has 3 heterocycles. The third-order valence-electron chi connectivity index (χ3n) is 2.84. The molecule has 0 radical (unpaired) electrons. The third-order valence-corrected chi connectivity index (χ3v) is 4.96. The Balaban J connectivity index is 1.83. The van der Waals surface area contributed by atoms with Gasteiger partial charge in [0.2, 0.25) is 0 Å². The molecule has 0 amide bonds. The summed E-state index contributed by atoms with van der Waals surface area (Å²) in [7, 11) is 1.97. The Morgan fingerprint density at radius 2 is 2.39 bits per heavy atom. The van der Waals surface area contributed by atoms with Crippen LogP contribution in [0, 0.1) is 0 Å². The van der Waals surface area contributed by atoms with Gasteiger partial charge >= 0.3 is 0 Å². The van der Waals surface area contributed by atoms with Crippen molar-refractivity contribution in [3.8, 4) is 0 Å². The van der Waals surface area contributed by atoms with Gasteiger partial charge < -0.3 is 5.32 Å². The Hall–Kier alpha value is -0.880. The number of aromatic nitrogens is 2. The van der Waals surface area contributed by atoms with Gasteiger partial charge in [0, 0.05) is 35.1 Å². The number of thiophene rings is 1. The van der Waals surface area contributed by atoms with E-state index >= 15 is 0 Å². The second-order valence-corrected chi connectivity index (χ2v) is 6.63. The van der Waals surface area contributed by atoms with Gasteiger partial charge in [0.1, 0.15) is 0 Å². The van der Waals surface area contributed by atoms with Crippen molar-refractivity contribution in [3.63, 3.8) is 0 Å². The Labute approximate surface area is 118 Å². The van der Waals surface area contributed by atoms with Crippen LogP contribution >= 0.6 is 34.3 Å². The summed E-state index contributed by atoms with van der Waals surface area (Å²) in [6, 6.07) is 4.29. The second-order valence-electron chi connectivity index (χ2n) is 4.01. The number of likely N-dealkylation sites (N-methyl/N-ethyl adjacent to an activating group) is 1. The molecule has 94 valence electrons. The van der Waals surface area contributed by atoms with Crippen molar-refractivity contribution in [2.75, 3.05) is 7.05 Å². The monoisotopic (exact) mass is 297 g/mol. The molecule has 1 N–H and O–H groups in total. The molecule has 0 aliphatic carbocycles. The van der Waals surface area contributed by atoms with Crippen molar-refractivity contribution in [1.82, 2.24) is 14.7 Å². The molecule has 0 fully saturated rings. The minimum Gasteiger partial charge on any atom is -0.312 e. The molecule has 0 spiro atoms. The lowest BCUT2D eigenvalue weighted by atomic mass is 10.1. The molecular formula is C12H12ClN3S2. The largest absolute Gasteiger partial charge is 0.312 e. The van der Waals surface area contributed by atoms with E-state index in [4.69, 9.17) is 11.6 Å². The highest BCUT2D eigenvalue weighted by molar-refractivity contribution is 7.16. The molecule has 18 heavy (non-hydrogen) atoms. The minimum atomic E-state index is 0.270. The molecule has 0 saturated carbocycles. The lowest BCUT2D eigenvalue weighted by molar-refractivity contribution is 0.596. The molecule has 3 nitrogen and oxygen atoms in total. The van der Waals surface area contributed by atoms with Crippen molar-refractivity contribution in [2.45, 2.75) is 12.5 Å². The van der Waals surface area contributed by atoms with E-state index in [9.17, 15) is 0 Å². The summed E-state index contributed by atoms with van der Waals surface area (Å²) < 4.78 is 2.89. The van der Waals surface area contributed by atoms with Gasteiger partial charge in [-0.2, -0.15) is 0 Å². The molecule has 0 aromatic carbocycles. The molecule has 0 aliphatic heterocycles. The zero-order valence-corrected chi connectivity index (χ0v) is 12.1. The molecule has 1 atom stereocenters. The van der Waals surface area contributed by atoms with Gasteiger partial charge in [-0.05, 0) is 19.2 Å². The maximum absolute atomic E-state index is 5.98. The lowest BCUT2D eigenvalue weighted by Crippen LogP contribution is -2.17. The van der Waals surface area contributed by atoms with Gasteiger partial charge in [0.05, 0.1) is 10.0 Å². The predicted octanol–water partition coefficient (Wildman–Crippen LogP) is 3.61. The quantitative estimate of drug-likeness (QED) is 0.797. The maximum atomic E-state index is 5.98. The van der Waals surface area contributed by atoms with E-state index in [-0.39, 0.29) is 6.04 Å². The highest BCUT2D eigenvalue weighted by Gasteiger charge is 2.14. The van der Waals surface area contributed by atoms with Gasteiger partial charge in [-0.3, -0.25) is 4.40 Å². The SMILES string of the molecule is CNC(Cc1cn2ccsc2n1)c1ccc(Cl)s1. The molecular weight excluding hydrogens is 286 g/mol. The van der Waals surface area contributed by atoms with E-state index in [0.717, 1.165) is 21.4 Å². The van der Waals surface area contributed by atoms with Crippen LogP contribution in [0.5, 0.6) is 0 Å². The molecule has 0 bridgehead atoms. The van der Waals surface area contributed by atoms with Crippen LogP contribution in [0.25, 0.3) is 4.96 Å². The van der Waals surface area contributed by atoms with Crippen molar-refractivity contribution >= 4 is 39.2 Å². The Morgan fingerprint density at radius 3 is 3.06 bits per heavy atom. The number of nitrogens with one attached hydrogen (secondary N) is 1. The second kappa shape index (κ2) is 5.01. The van der Waals surface area contributed by atoms with E-state index in [2.05, 4.69) is 27.0 Å². The highest BCUT2D eigenvalue weighted by Crippen LogP contribution is 2.28. The van der Waals surface area contributed by atoms with Crippen molar-refractivity contribution in [2.24, 2.45) is 0 Å². The van der Waals surface area contributed by atoms with Crippen molar-refractivity contribution < 1.29 is 0 Å². The van der Waals surface area contributed by atoms with Crippen molar-refractivity contribution in [3.05, 3.63) is 44.8 Å². The number of hydrogen-bond acceptors (Lipinski definition) is 4. The number of imidazole rings is 1. The fourth-order valence-corrected chi connectivity index (χ4v) is 3.83. The fraction of sp³-hybridized carbons (Fsp3) is 0.250. The van der Waals surface area contributed by atoms with E-state index in [1.165, 1.54) is 4.88 Å². The zero-order valence-electron chi connectivity index (χ0n) is 9.76. The normalized spacial score (nSPS) is 13.2. The molecule has 3 aromatic rings. The average molecular weight is 298 g/mol. The Kier molecular flexibility index (Phi) is 3.39. The fourth-order valence-electron chi connectivity index (χ4n) is 1.94. The van der Waals surface area contributed by atoms with Crippen LogP contribution in [-0.2, 0) is 6.42 Å². The van der Waals surface area contributed by atoms with Gasteiger partial charge in [-0.15, -0.1) is 22.7 Å². The number of halogens is 1. The van der Waals surface area contributed by atoms with Gasteiger partial charge in [0.25, 0.3) is 0 Å². The topological polar surface area (TPSA) is 29.3 Å². The summed E-state index contributed by atoms with van der Waals surface area (Å²) in [4.78, 5) is 6.90. The number of rotatable bonds is 4. The predicted molar refractivity (Wildman–Crippen MR) is 77.9 cm³/mol. The van der Waals surface area contributed by atoms with Crippen LogP contribution < -0.4 is 5.32 Å². The summed E-state index contributed by atoms with van der Waals surface area (Å²) in [6.07, 6.45) is 5.00. The number of nitrogens with zero attached hydrogens (tertiary/aromatic N) is 2. The van der Waals surface area contributed by atoms with Crippen molar-refractivity contribution in [1.29, 1.82) is 0 Å². The van der Waals surface area contributed by atoms with E-state index in [1.54, 1.807) is 22.7 Å². The van der Waals surface area contributed by atoms with E-state index in [1.807, 2.05) is 24.7 Å². The first-order valence-electron chi connectivity index (χ1n) is 5.60. The van der Waals surface area contributed by atoms with Crippen LogP contribution in [-0.4, -0.2) is 16.4 Å². The van der Waals surface area contributed by atoms with Crippen LogP contribution in [0.4, 0.5) is 0 Å². The number of hydrogen-bond donors (Lipinski definition) is 1. The van der Waals surface area contributed by atoms with Gasteiger partial charge in [-0.1, -0.05) is 11.6 Å². The molecule has 0 saturated heterocycles. The van der Waals surface area contributed by atoms with E-state index < -0.39 is 0 Å². The highest BCUT2D eigenvalue weighted by atomic mass is 35.5. The van der Waals surface area contributed by atoms with Crippen LogP contribution in [0.2, 0.25) is 4.34 Å². The summed E-state index contributed by atoms with van der Waals surface area (Å²) in [5.74, 6) is 0. The van der Waals surface area contributed by atoms with E-state index in [0.29, 0.717) is 0 Å². The summed E-state index contributed by atoms with van der Waals surface area (Å²) >= 11 is 9.26. The standard InChI is InChI=1S/C12H12ClN3S2/c1-14-9(10-2-3-11(13)18-10)6-8-7-16-4-5-17-12(16)15-8/h2-5,7,9,14H,6H2,1H3. The third kappa shape index (κ3) is 2.31. The van der Waals surface area contributed by atoms with Gasteiger partial charge in [-0.25, -0.2) is 4.98 Å². The first-order valence-corrected chi connectivity index (χ1v) is 7.67. The van der Waals surface area contributed by atoms with Crippen LogP contribution in [0.15, 0.2) is 29.9 Å². The molecule has 3 aromatic heterocycles. The zero-order chi connectivity index (χ0) is 12.5. The Bertz CT molecular complexity index is 626. The first kappa shape index (κ1) is 12.2.